The highest BCUT2D eigenvalue weighted by Crippen LogP contribution is 2.31. The molecule has 1 aromatic carbocycles. The SMILES string of the molecule is COc1ccc(CN2CCC(C)(C)CCC2=O)cc1N. The van der Waals surface area contributed by atoms with Gasteiger partial charge in [-0.25, -0.2) is 0 Å². The minimum absolute atomic E-state index is 0.241. The van der Waals surface area contributed by atoms with Crippen LogP contribution in [0.25, 0.3) is 0 Å². The third-order valence-electron chi connectivity index (χ3n) is 4.09. The maximum atomic E-state index is 12.2. The van der Waals surface area contributed by atoms with Crippen LogP contribution in [0.15, 0.2) is 18.2 Å². The Labute approximate surface area is 120 Å². The van der Waals surface area contributed by atoms with Crippen molar-refractivity contribution in [2.45, 2.75) is 39.7 Å². The van der Waals surface area contributed by atoms with Gasteiger partial charge in [0.2, 0.25) is 5.91 Å². The molecule has 1 fully saturated rings. The Morgan fingerprint density at radius 1 is 1.35 bits per heavy atom. The van der Waals surface area contributed by atoms with Crippen LogP contribution < -0.4 is 10.5 Å². The lowest BCUT2D eigenvalue weighted by Crippen LogP contribution is -2.30. The molecule has 0 spiro atoms. The van der Waals surface area contributed by atoms with Gasteiger partial charge >= 0.3 is 0 Å². The number of hydrogen-bond acceptors (Lipinski definition) is 3. The van der Waals surface area contributed by atoms with E-state index in [-0.39, 0.29) is 11.3 Å². The van der Waals surface area contributed by atoms with E-state index < -0.39 is 0 Å². The van der Waals surface area contributed by atoms with Crippen LogP contribution in [0.4, 0.5) is 5.69 Å². The Bertz CT molecular complexity index is 497. The van der Waals surface area contributed by atoms with E-state index in [1.165, 1.54) is 0 Å². The maximum absolute atomic E-state index is 12.2. The summed E-state index contributed by atoms with van der Waals surface area (Å²) in [5, 5.41) is 0. The molecule has 0 saturated carbocycles. The molecule has 0 bridgehead atoms. The van der Waals surface area contributed by atoms with Crippen molar-refractivity contribution in [2.24, 2.45) is 5.41 Å². The molecule has 2 N–H and O–H groups in total. The number of hydrogen-bond donors (Lipinski definition) is 1. The van der Waals surface area contributed by atoms with Crippen molar-refractivity contribution in [3.8, 4) is 5.75 Å². The van der Waals surface area contributed by atoms with Crippen LogP contribution in [0.1, 0.15) is 38.7 Å². The van der Waals surface area contributed by atoms with Gasteiger partial charge in [0.1, 0.15) is 5.75 Å². The molecular weight excluding hydrogens is 252 g/mol. The molecule has 0 unspecified atom stereocenters. The molecule has 1 aromatic rings. The van der Waals surface area contributed by atoms with E-state index in [0.29, 0.717) is 24.4 Å². The van der Waals surface area contributed by atoms with Crippen molar-refractivity contribution >= 4 is 11.6 Å². The number of nitrogens with two attached hydrogens (primary N) is 1. The van der Waals surface area contributed by atoms with Crippen LogP contribution >= 0.6 is 0 Å². The molecule has 4 heteroatoms. The molecule has 1 amide bonds. The number of carbonyl (C=O) groups excluding carboxylic acids is 1. The molecule has 1 heterocycles. The third kappa shape index (κ3) is 3.44. The number of rotatable bonds is 3. The van der Waals surface area contributed by atoms with E-state index in [2.05, 4.69) is 13.8 Å². The first-order chi connectivity index (χ1) is 9.41. The van der Waals surface area contributed by atoms with Gasteiger partial charge in [0.15, 0.2) is 0 Å². The number of methoxy groups -OCH3 is 1. The van der Waals surface area contributed by atoms with Crippen LogP contribution in [0, 0.1) is 5.41 Å². The Kier molecular flexibility index (Phi) is 4.21. The van der Waals surface area contributed by atoms with Crippen molar-refractivity contribution in [2.75, 3.05) is 19.4 Å². The third-order valence-corrected chi connectivity index (χ3v) is 4.09. The van der Waals surface area contributed by atoms with Gasteiger partial charge in [0.25, 0.3) is 0 Å². The fraction of sp³-hybridized carbons (Fsp3) is 0.562. The Balaban J connectivity index is 2.09. The topological polar surface area (TPSA) is 55.6 Å². The number of amides is 1. The molecule has 4 nitrogen and oxygen atoms in total. The monoisotopic (exact) mass is 276 g/mol. The molecule has 0 atom stereocenters. The lowest BCUT2D eigenvalue weighted by molar-refractivity contribution is -0.131. The average Bonchev–Trinajstić information content (AvgIpc) is 2.52. The van der Waals surface area contributed by atoms with Crippen LogP contribution in [-0.2, 0) is 11.3 Å². The summed E-state index contributed by atoms with van der Waals surface area (Å²) in [5.41, 5.74) is 7.84. The van der Waals surface area contributed by atoms with E-state index in [4.69, 9.17) is 10.5 Å². The van der Waals surface area contributed by atoms with Crippen LogP contribution in [0.5, 0.6) is 5.75 Å². The molecular formula is C16H24N2O2. The van der Waals surface area contributed by atoms with E-state index >= 15 is 0 Å². The quantitative estimate of drug-likeness (QED) is 0.864. The Morgan fingerprint density at radius 3 is 2.75 bits per heavy atom. The first-order valence-corrected chi connectivity index (χ1v) is 7.11. The summed E-state index contributed by atoms with van der Waals surface area (Å²) < 4.78 is 5.15. The zero-order valence-corrected chi connectivity index (χ0v) is 12.6. The predicted octanol–water partition coefficient (Wildman–Crippen LogP) is 2.82. The van der Waals surface area contributed by atoms with Crippen molar-refractivity contribution in [1.82, 2.24) is 4.90 Å². The summed E-state index contributed by atoms with van der Waals surface area (Å²) in [6, 6.07) is 5.72. The van der Waals surface area contributed by atoms with Crippen molar-refractivity contribution < 1.29 is 9.53 Å². The second-order valence-electron chi connectivity index (χ2n) is 6.31. The highest BCUT2D eigenvalue weighted by molar-refractivity contribution is 5.76. The first-order valence-electron chi connectivity index (χ1n) is 7.11. The highest BCUT2D eigenvalue weighted by atomic mass is 16.5. The number of ether oxygens (including phenoxy) is 1. The van der Waals surface area contributed by atoms with Gasteiger partial charge < -0.3 is 15.4 Å². The van der Waals surface area contributed by atoms with E-state index in [9.17, 15) is 4.79 Å². The van der Waals surface area contributed by atoms with Crippen molar-refractivity contribution in [3.63, 3.8) is 0 Å². The van der Waals surface area contributed by atoms with Crippen LogP contribution in [0.2, 0.25) is 0 Å². The fourth-order valence-corrected chi connectivity index (χ4v) is 2.56. The number of anilines is 1. The zero-order chi connectivity index (χ0) is 14.8. The van der Waals surface area contributed by atoms with Crippen molar-refractivity contribution in [3.05, 3.63) is 23.8 Å². The first kappa shape index (κ1) is 14.7. The van der Waals surface area contributed by atoms with Crippen LogP contribution in [0.3, 0.4) is 0 Å². The van der Waals surface area contributed by atoms with E-state index in [1.807, 2.05) is 23.1 Å². The molecule has 1 aliphatic rings. The van der Waals surface area contributed by atoms with E-state index in [1.54, 1.807) is 7.11 Å². The van der Waals surface area contributed by atoms with Gasteiger partial charge in [-0.05, 0) is 36.0 Å². The Morgan fingerprint density at radius 2 is 2.10 bits per heavy atom. The van der Waals surface area contributed by atoms with Gasteiger partial charge in [0.05, 0.1) is 12.8 Å². The number of nitrogen functional groups attached to an aromatic ring is 1. The molecule has 0 aliphatic carbocycles. The van der Waals surface area contributed by atoms with Crippen molar-refractivity contribution in [1.29, 1.82) is 0 Å². The zero-order valence-electron chi connectivity index (χ0n) is 12.6. The summed E-state index contributed by atoms with van der Waals surface area (Å²) in [5.74, 6) is 0.919. The van der Waals surface area contributed by atoms with Gasteiger partial charge in [0, 0.05) is 19.5 Å². The fourth-order valence-electron chi connectivity index (χ4n) is 2.56. The molecule has 2 rings (SSSR count). The van der Waals surface area contributed by atoms with Gasteiger partial charge in [-0.3, -0.25) is 4.79 Å². The molecule has 0 aromatic heterocycles. The normalized spacial score (nSPS) is 18.8. The second-order valence-corrected chi connectivity index (χ2v) is 6.31. The van der Waals surface area contributed by atoms with Gasteiger partial charge in [-0.1, -0.05) is 19.9 Å². The molecule has 1 saturated heterocycles. The lowest BCUT2D eigenvalue weighted by Gasteiger charge is -2.23. The summed E-state index contributed by atoms with van der Waals surface area (Å²) >= 11 is 0. The number of likely N-dealkylation sites (tertiary alicyclic amines) is 1. The molecule has 1 aliphatic heterocycles. The Hall–Kier alpha value is -1.71. The van der Waals surface area contributed by atoms with Gasteiger partial charge in [-0.15, -0.1) is 0 Å². The second kappa shape index (κ2) is 5.73. The lowest BCUT2D eigenvalue weighted by atomic mass is 9.85. The number of benzene rings is 1. The number of nitrogens with zero attached hydrogens (tertiary/aromatic N) is 1. The average molecular weight is 276 g/mol. The molecule has 20 heavy (non-hydrogen) atoms. The van der Waals surface area contributed by atoms with Crippen LogP contribution in [-0.4, -0.2) is 24.5 Å². The predicted molar refractivity (Wildman–Crippen MR) is 80.5 cm³/mol. The smallest absolute Gasteiger partial charge is 0.222 e. The largest absolute Gasteiger partial charge is 0.495 e. The summed E-state index contributed by atoms with van der Waals surface area (Å²) in [6.07, 6.45) is 2.65. The summed E-state index contributed by atoms with van der Waals surface area (Å²) in [4.78, 5) is 14.1. The summed E-state index contributed by atoms with van der Waals surface area (Å²) in [6.45, 7) is 5.91. The molecule has 110 valence electrons. The summed E-state index contributed by atoms with van der Waals surface area (Å²) in [7, 11) is 1.60. The number of carbonyl (C=O) groups is 1. The van der Waals surface area contributed by atoms with E-state index in [0.717, 1.165) is 24.9 Å². The molecule has 0 radical (unpaired) electrons. The van der Waals surface area contributed by atoms with Gasteiger partial charge in [-0.2, -0.15) is 0 Å². The maximum Gasteiger partial charge on any atom is 0.222 e. The highest BCUT2D eigenvalue weighted by Gasteiger charge is 2.27. The standard InChI is InChI=1S/C16H24N2O2/c1-16(2)7-6-15(19)18(9-8-16)11-12-4-5-14(20-3)13(17)10-12/h4-5,10H,6-9,11,17H2,1-3H3. The minimum Gasteiger partial charge on any atom is -0.495 e. The minimum atomic E-state index is 0.241.